The summed E-state index contributed by atoms with van der Waals surface area (Å²) in [5, 5.41) is 0. The summed E-state index contributed by atoms with van der Waals surface area (Å²) < 4.78 is 5.79. The summed E-state index contributed by atoms with van der Waals surface area (Å²) in [7, 11) is 0. The van der Waals surface area contributed by atoms with Gasteiger partial charge < -0.3 is 10.5 Å². The Morgan fingerprint density at radius 3 is 2.87 bits per heavy atom. The number of rotatable bonds is 1. The Balaban J connectivity index is 2.31. The van der Waals surface area contributed by atoms with E-state index < -0.39 is 0 Å². The minimum Gasteiger partial charge on any atom is -0.372 e. The molecule has 1 heterocycles. The molecule has 1 aromatic carbocycles. The summed E-state index contributed by atoms with van der Waals surface area (Å²) in [5.41, 5.74) is 10.0. The highest BCUT2D eigenvalue weighted by atomic mass is 16.5. The van der Waals surface area contributed by atoms with Crippen LogP contribution in [0.25, 0.3) is 0 Å². The zero-order valence-electron chi connectivity index (χ0n) is 9.49. The maximum atomic E-state index is 6.10. The molecule has 1 saturated heterocycles. The van der Waals surface area contributed by atoms with Crippen molar-refractivity contribution < 1.29 is 4.74 Å². The molecule has 2 nitrogen and oxygen atoms in total. The molecule has 0 spiro atoms. The molecule has 0 aliphatic carbocycles. The maximum absolute atomic E-state index is 6.10. The van der Waals surface area contributed by atoms with Crippen LogP contribution in [0, 0.1) is 13.8 Å². The van der Waals surface area contributed by atoms with Crippen LogP contribution in [0.3, 0.4) is 0 Å². The van der Waals surface area contributed by atoms with Gasteiger partial charge in [-0.05, 0) is 43.4 Å². The van der Waals surface area contributed by atoms with E-state index in [1.807, 2.05) is 0 Å². The van der Waals surface area contributed by atoms with Gasteiger partial charge in [0.05, 0.1) is 6.10 Å². The molecule has 0 amide bonds. The second-order valence-corrected chi connectivity index (χ2v) is 4.39. The predicted octanol–water partition coefficient (Wildman–Crippen LogP) is 2.48. The summed E-state index contributed by atoms with van der Waals surface area (Å²) in [4.78, 5) is 0. The number of ether oxygens (including phenoxy) is 1. The summed E-state index contributed by atoms with van der Waals surface area (Å²) in [6.07, 6.45) is 2.25. The molecule has 0 saturated carbocycles. The molecule has 2 atom stereocenters. The molecular weight excluding hydrogens is 186 g/mol. The number of benzene rings is 1. The van der Waals surface area contributed by atoms with Crippen molar-refractivity contribution >= 4 is 0 Å². The maximum Gasteiger partial charge on any atom is 0.0978 e. The van der Waals surface area contributed by atoms with E-state index in [1.54, 1.807) is 0 Å². The second-order valence-electron chi connectivity index (χ2n) is 4.39. The molecule has 0 bridgehead atoms. The minimum absolute atomic E-state index is 0.0960. The van der Waals surface area contributed by atoms with Gasteiger partial charge in [0.2, 0.25) is 0 Å². The van der Waals surface area contributed by atoms with Crippen LogP contribution >= 0.6 is 0 Å². The van der Waals surface area contributed by atoms with Gasteiger partial charge in [-0.15, -0.1) is 0 Å². The molecule has 1 aliphatic rings. The van der Waals surface area contributed by atoms with Crippen molar-refractivity contribution in [3.8, 4) is 0 Å². The number of nitrogens with two attached hydrogens (primary N) is 1. The average molecular weight is 205 g/mol. The summed E-state index contributed by atoms with van der Waals surface area (Å²) >= 11 is 0. The predicted molar refractivity (Wildman–Crippen MR) is 61.8 cm³/mol. The van der Waals surface area contributed by atoms with Gasteiger partial charge in [0.15, 0.2) is 0 Å². The SMILES string of the molecule is Cc1cccc(C2OCCCC2N)c1C. The van der Waals surface area contributed by atoms with Crippen LogP contribution in [0.1, 0.15) is 35.6 Å². The van der Waals surface area contributed by atoms with Crippen LogP contribution in [0.2, 0.25) is 0 Å². The molecule has 15 heavy (non-hydrogen) atoms. The summed E-state index contributed by atoms with van der Waals surface area (Å²) in [5.74, 6) is 0. The molecule has 1 fully saturated rings. The first-order valence-corrected chi connectivity index (χ1v) is 5.63. The zero-order chi connectivity index (χ0) is 10.8. The van der Waals surface area contributed by atoms with E-state index in [0.717, 1.165) is 19.4 Å². The van der Waals surface area contributed by atoms with Crippen molar-refractivity contribution in [1.82, 2.24) is 0 Å². The molecular formula is C13H19NO. The number of hydrogen-bond acceptors (Lipinski definition) is 2. The van der Waals surface area contributed by atoms with Crippen LogP contribution in [-0.4, -0.2) is 12.6 Å². The standard InChI is InChI=1S/C13H19NO/c1-9-5-3-6-11(10(9)2)13-12(14)7-4-8-15-13/h3,5-6,12-13H,4,7-8,14H2,1-2H3. The van der Waals surface area contributed by atoms with Crippen molar-refractivity contribution in [2.24, 2.45) is 5.73 Å². The third kappa shape index (κ3) is 2.06. The van der Waals surface area contributed by atoms with E-state index in [9.17, 15) is 0 Å². The van der Waals surface area contributed by atoms with E-state index in [-0.39, 0.29) is 12.1 Å². The zero-order valence-corrected chi connectivity index (χ0v) is 9.49. The second kappa shape index (κ2) is 4.33. The fourth-order valence-electron chi connectivity index (χ4n) is 2.21. The monoisotopic (exact) mass is 205 g/mol. The molecule has 82 valence electrons. The Hall–Kier alpha value is -0.860. The van der Waals surface area contributed by atoms with E-state index in [2.05, 4.69) is 32.0 Å². The van der Waals surface area contributed by atoms with Crippen LogP contribution in [0.4, 0.5) is 0 Å². The van der Waals surface area contributed by atoms with Gasteiger partial charge in [-0.2, -0.15) is 0 Å². The van der Waals surface area contributed by atoms with Gasteiger partial charge in [0.25, 0.3) is 0 Å². The van der Waals surface area contributed by atoms with Gasteiger partial charge in [0, 0.05) is 12.6 Å². The highest BCUT2D eigenvalue weighted by molar-refractivity contribution is 5.35. The molecule has 1 aromatic rings. The molecule has 1 aliphatic heterocycles. The largest absolute Gasteiger partial charge is 0.372 e. The molecule has 2 rings (SSSR count). The van der Waals surface area contributed by atoms with E-state index in [0.29, 0.717) is 0 Å². The Morgan fingerprint density at radius 1 is 1.33 bits per heavy atom. The van der Waals surface area contributed by atoms with Gasteiger partial charge in [-0.25, -0.2) is 0 Å². The fourth-order valence-corrected chi connectivity index (χ4v) is 2.21. The van der Waals surface area contributed by atoms with Crippen LogP contribution in [0.5, 0.6) is 0 Å². The fraction of sp³-hybridized carbons (Fsp3) is 0.538. The minimum atomic E-state index is 0.0960. The lowest BCUT2D eigenvalue weighted by molar-refractivity contribution is -0.000246. The first-order chi connectivity index (χ1) is 7.20. The smallest absolute Gasteiger partial charge is 0.0978 e. The van der Waals surface area contributed by atoms with Gasteiger partial charge in [-0.1, -0.05) is 18.2 Å². The molecule has 0 aromatic heterocycles. The van der Waals surface area contributed by atoms with Crippen molar-refractivity contribution in [2.45, 2.75) is 38.8 Å². The van der Waals surface area contributed by atoms with Crippen molar-refractivity contribution in [3.63, 3.8) is 0 Å². The van der Waals surface area contributed by atoms with Gasteiger partial charge in [0.1, 0.15) is 0 Å². The Kier molecular flexibility index (Phi) is 3.08. The van der Waals surface area contributed by atoms with E-state index in [1.165, 1.54) is 16.7 Å². The topological polar surface area (TPSA) is 35.2 Å². The molecule has 2 unspecified atom stereocenters. The molecule has 2 heteroatoms. The van der Waals surface area contributed by atoms with Gasteiger partial charge >= 0.3 is 0 Å². The molecule has 0 radical (unpaired) electrons. The van der Waals surface area contributed by atoms with Gasteiger partial charge in [-0.3, -0.25) is 0 Å². The van der Waals surface area contributed by atoms with E-state index >= 15 is 0 Å². The average Bonchev–Trinajstić information content (AvgIpc) is 2.23. The van der Waals surface area contributed by atoms with Crippen LogP contribution in [-0.2, 0) is 4.74 Å². The lowest BCUT2D eigenvalue weighted by atomic mass is 9.92. The van der Waals surface area contributed by atoms with E-state index in [4.69, 9.17) is 10.5 Å². The third-order valence-electron chi connectivity index (χ3n) is 3.32. The Bertz CT molecular complexity index is 348. The number of aryl methyl sites for hydroxylation is 1. The summed E-state index contributed by atoms with van der Waals surface area (Å²) in [6, 6.07) is 6.51. The lowest BCUT2D eigenvalue weighted by Crippen LogP contribution is -2.34. The lowest BCUT2D eigenvalue weighted by Gasteiger charge is -2.30. The van der Waals surface area contributed by atoms with Crippen LogP contribution in [0.15, 0.2) is 18.2 Å². The number of hydrogen-bond donors (Lipinski definition) is 1. The third-order valence-corrected chi connectivity index (χ3v) is 3.32. The Labute approximate surface area is 91.4 Å². The van der Waals surface area contributed by atoms with Crippen LogP contribution < -0.4 is 5.73 Å². The highest BCUT2D eigenvalue weighted by Crippen LogP contribution is 2.30. The normalized spacial score (nSPS) is 26.6. The quantitative estimate of drug-likeness (QED) is 0.764. The Morgan fingerprint density at radius 2 is 2.13 bits per heavy atom. The summed E-state index contributed by atoms with van der Waals surface area (Å²) in [6.45, 7) is 5.12. The van der Waals surface area contributed by atoms with Crippen molar-refractivity contribution in [2.75, 3.05) is 6.61 Å². The van der Waals surface area contributed by atoms with Crippen molar-refractivity contribution in [3.05, 3.63) is 34.9 Å². The highest BCUT2D eigenvalue weighted by Gasteiger charge is 2.25. The first kappa shape index (κ1) is 10.7. The van der Waals surface area contributed by atoms with Crippen molar-refractivity contribution in [1.29, 1.82) is 0 Å². The first-order valence-electron chi connectivity index (χ1n) is 5.63. The molecule has 2 N–H and O–H groups in total.